The smallest absolute Gasteiger partial charge is 0.143 e. The summed E-state index contributed by atoms with van der Waals surface area (Å²) >= 11 is 0. The van der Waals surface area contributed by atoms with E-state index in [0.717, 1.165) is 72.5 Å². The molecule has 0 aliphatic carbocycles. The molecular weight excluding hydrogens is 837 g/mol. The highest BCUT2D eigenvalue weighted by Gasteiger charge is 2.18. The summed E-state index contributed by atoms with van der Waals surface area (Å²) in [6, 6.07) is 96.0. The zero-order valence-corrected chi connectivity index (χ0v) is 37.7. The predicted octanol–water partition coefficient (Wildman–Crippen LogP) is 18.5. The number of benzene rings is 11. The summed E-state index contributed by atoms with van der Waals surface area (Å²) in [5, 5.41) is 4.78. The van der Waals surface area contributed by atoms with Crippen LogP contribution in [0.1, 0.15) is 0 Å². The Hall–Kier alpha value is -9.18. The number of para-hydroxylation sites is 5. The van der Waals surface area contributed by atoms with Gasteiger partial charge in [0.15, 0.2) is 0 Å². The Labute approximate surface area is 401 Å². The first-order valence-electron chi connectivity index (χ1n) is 23.6. The minimum atomic E-state index is 0.909. The lowest BCUT2D eigenvalue weighted by Crippen LogP contribution is -2.09. The van der Waals surface area contributed by atoms with Gasteiger partial charge in [-0.1, -0.05) is 200 Å². The van der Waals surface area contributed by atoms with Crippen LogP contribution in [-0.4, -0.2) is 4.57 Å². The molecule has 13 aromatic rings. The fraction of sp³-hybridized carbons (Fsp3) is 0. The van der Waals surface area contributed by atoms with E-state index >= 15 is 0 Å². The Balaban J connectivity index is 0.858. The minimum absolute atomic E-state index is 0.909. The number of anilines is 3. The van der Waals surface area contributed by atoms with Crippen LogP contribution < -0.4 is 4.90 Å². The van der Waals surface area contributed by atoms with Crippen LogP contribution in [0.3, 0.4) is 0 Å². The van der Waals surface area contributed by atoms with Gasteiger partial charge in [-0.2, -0.15) is 0 Å². The van der Waals surface area contributed by atoms with Gasteiger partial charge in [0.25, 0.3) is 0 Å². The molecule has 0 fully saturated rings. The second kappa shape index (κ2) is 16.9. The topological polar surface area (TPSA) is 21.3 Å². The Kier molecular flexibility index (Phi) is 9.84. The second-order valence-corrected chi connectivity index (χ2v) is 17.7. The molecule has 0 spiro atoms. The van der Waals surface area contributed by atoms with E-state index in [9.17, 15) is 0 Å². The molecule has 0 unspecified atom stereocenters. The van der Waals surface area contributed by atoms with E-state index in [4.69, 9.17) is 4.42 Å². The van der Waals surface area contributed by atoms with E-state index in [0.29, 0.717) is 0 Å². The fourth-order valence-electron chi connectivity index (χ4n) is 10.3. The van der Waals surface area contributed by atoms with Crippen molar-refractivity contribution in [1.82, 2.24) is 4.57 Å². The zero-order valence-electron chi connectivity index (χ0n) is 37.7. The first-order valence-corrected chi connectivity index (χ1v) is 23.6. The van der Waals surface area contributed by atoms with Crippen molar-refractivity contribution >= 4 is 60.8 Å². The van der Waals surface area contributed by atoms with Crippen LogP contribution in [-0.2, 0) is 0 Å². The normalized spacial score (nSPS) is 11.5. The molecule has 3 nitrogen and oxygen atoms in total. The summed E-state index contributed by atoms with van der Waals surface area (Å²) in [6.07, 6.45) is 0. The highest BCUT2D eigenvalue weighted by molar-refractivity contribution is 6.10. The van der Waals surface area contributed by atoms with Gasteiger partial charge in [-0.15, -0.1) is 0 Å². The number of furan rings is 1. The summed E-state index contributed by atoms with van der Waals surface area (Å²) in [5.74, 6) is 0. The van der Waals surface area contributed by atoms with Gasteiger partial charge in [0.05, 0.1) is 16.7 Å². The summed E-state index contributed by atoms with van der Waals surface area (Å²) < 4.78 is 8.79. The Bertz CT molecular complexity index is 3920. The van der Waals surface area contributed by atoms with E-state index in [2.05, 4.69) is 264 Å². The molecule has 0 amide bonds. The fourth-order valence-corrected chi connectivity index (χ4v) is 10.3. The van der Waals surface area contributed by atoms with Crippen molar-refractivity contribution in [3.63, 3.8) is 0 Å². The largest absolute Gasteiger partial charge is 0.455 e. The molecule has 0 N–H and O–H groups in total. The number of aromatic nitrogens is 1. The highest BCUT2D eigenvalue weighted by Crippen LogP contribution is 2.41. The van der Waals surface area contributed by atoms with Crippen LogP contribution in [0.15, 0.2) is 271 Å². The Morgan fingerprint density at radius 3 is 1.32 bits per heavy atom. The molecule has 0 aliphatic heterocycles. The predicted molar refractivity (Wildman–Crippen MR) is 290 cm³/mol. The first-order chi connectivity index (χ1) is 34.2. The molecule has 0 saturated carbocycles. The van der Waals surface area contributed by atoms with Gasteiger partial charge >= 0.3 is 0 Å². The first kappa shape index (κ1) is 40.1. The van der Waals surface area contributed by atoms with E-state index in [1.54, 1.807) is 0 Å². The van der Waals surface area contributed by atoms with Crippen molar-refractivity contribution in [2.24, 2.45) is 0 Å². The van der Waals surface area contributed by atoms with Crippen molar-refractivity contribution in [1.29, 1.82) is 0 Å². The van der Waals surface area contributed by atoms with Crippen LogP contribution >= 0.6 is 0 Å². The van der Waals surface area contributed by atoms with Gasteiger partial charge in [0, 0.05) is 49.7 Å². The average Bonchev–Trinajstić information content (AvgIpc) is 3.98. The molecule has 13 rings (SSSR count). The SMILES string of the molecule is c1ccc(-c2cccc(-c3ccc(N(c4ccc(-c5ccc(-c6cccc7c6oc6ccccc67)cc5)cc4)c4ccc(-c5ccccc5-n5c6ccccc6c6ccccc65)cc4)cc3)c2)cc1. The lowest BCUT2D eigenvalue weighted by molar-refractivity contribution is 0.670. The quantitative estimate of drug-likeness (QED) is 0.144. The molecule has 11 aromatic carbocycles. The third-order valence-corrected chi connectivity index (χ3v) is 13.6. The van der Waals surface area contributed by atoms with Crippen LogP contribution in [0, 0.1) is 0 Å². The molecule has 0 atom stereocenters. The number of nitrogens with zero attached hydrogens (tertiary/aromatic N) is 2. The zero-order chi connectivity index (χ0) is 45.7. The van der Waals surface area contributed by atoms with Crippen molar-refractivity contribution < 1.29 is 4.42 Å². The lowest BCUT2D eigenvalue weighted by atomic mass is 9.98. The van der Waals surface area contributed by atoms with Crippen molar-refractivity contribution in [3.05, 3.63) is 267 Å². The van der Waals surface area contributed by atoms with Gasteiger partial charge in [0.2, 0.25) is 0 Å². The van der Waals surface area contributed by atoms with E-state index < -0.39 is 0 Å². The average molecular weight is 881 g/mol. The summed E-state index contributed by atoms with van der Waals surface area (Å²) in [5.41, 5.74) is 20.2. The molecule has 0 aliphatic rings. The second-order valence-electron chi connectivity index (χ2n) is 17.7. The molecular formula is C66H44N2O. The summed E-state index contributed by atoms with van der Waals surface area (Å²) in [7, 11) is 0. The standard InChI is InChI=1S/C66H44N2O/c1-2-14-45(15-3-1)51-16-12-17-52(44-51)48-34-40-54(41-35-48)67(53-38-32-47(33-39-53)46-28-30-50(31-29-46)57-22-13-23-61-60-21-7-11-27-65(60)69-66(57)61)55-42-36-49(37-43-55)56-18-4-8-24-62(56)68-63-25-9-5-19-58(63)59-20-6-10-26-64(59)68/h1-44H. The van der Waals surface area contributed by atoms with Gasteiger partial charge in [0.1, 0.15) is 11.2 Å². The maximum absolute atomic E-state index is 6.38. The maximum Gasteiger partial charge on any atom is 0.143 e. The van der Waals surface area contributed by atoms with Crippen molar-refractivity contribution in [3.8, 4) is 61.3 Å². The van der Waals surface area contributed by atoms with Gasteiger partial charge in [-0.25, -0.2) is 0 Å². The molecule has 69 heavy (non-hydrogen) atoms. The van der Waals surface area contributed by atoms with Crippen LogP contribution in [0.25, 0.3) is 105 Å². The number of hydrogen-bond acceptors (Lipinski definition) is 2. The number of hydrogen-bond donors (Lipinski definition) is 0. The third-order valence-electron chi connectivity index (χ3n) is 13.6. The molecule has 2 aromatic heterocycles. The minimum Gasteiger partial charge on any atom is -0.455 e. The third kappa shape index (κ3) is 7.16. The van der Waals surface area contributed by atoms with Crippen LogP contribution in [0.5, 0.6) is 0 Å². The van der Waals surface area contributed by atoms with Gasteiger partial charge in [-0.05, 0) is 111 Å². The molecule has 2 heterocycles. The van der Waals surface area contributed by atoms with Crippen molar-refractivity contribution in [2.75, 3.05) is 4.90 Å². The van der Waals surface area contributed by atoms with Gasteiger partial charge in [-0.3, -0.25) is 0 Å². The maximum atomic E-state index is 6.38. The molecule has 0 radical (unpaired) electrons. The molecule has 324 valence electrons. The Morgan fingerprint density at radius 1 is 0.275 bits per heavy atom. The molecule has 0 saturated heterocycles. The molecule has 0 bridgehead atoms. The summed E-state index contributed by atoms with van der Waals surface area (Å²) in [6.45, 7) is 0. The lowest BCUT2D eigenvalue weighted by Gasteiger charge is -2.26. The van der Waals surface area contributed by atoms with E-state index in [1.807, 2.05) is 12.1 Å². The highest BCUT2D eigenvalue weighted by atomic mass is 16.3. The monoisotopic (exact) mass is 880 g/mol. The number of fused-ring (bicyclic) bond motifs is 6. The van der Waals surface area contributed by atoms with E-state index in [-0.39, 0.29) is 0 Å². The Morgan fingerprint density at radius 2 is 0.681 bits per heavy atom. The van der Waals surface area contributed by atoms with Crippen molar-refractivity contribution in [2.45, 2.75) is 0 Å². The summed E-state index contributed by atoms with van der Waals surface area (Å²) in [4.78, 5) is 2.35. The van der Waals surface area contributed by atoms with Crippen LogP contribution in [0.2, 0.25) is 0 Å². The van der Waals surface area contributed by atoms with Crippen LogP contribution in [0.4, 0.5) is 17.1 Å². The van der Waals surface area contributed by atoms with E-state index in [1.165, 1.54) is 49.6 Å². The number of rotatable bonds is 9. The van der Waals surface area contributed by atoms with Gasteiger partial charge < -0.3 is 13.9 Å². The molecule has 3 heteroatoms.